The first-order chi connectivity index (χ1) is 10.1. The highest BCUT2D eigenvalue weighted by Crippen LogP contribution is 2.13. The molecule has 0 saturated heterocycles. The van der Waals surface area contributed by atoms with Crippen LogP contribution in [0, 0.1) is 5.82 Å². The number of benzene rings is 2. The van der Waals surface area contributed by atoms with Crippen molar-refractivity contribution in [3.63, 3.8) is 0 Å². The first-order valence-corrected chi connectivity index (χ1v) is 6.69. The number of ether oxygens (including phenoxy) is 1. The third-order valence-corrected chi connectivity index (χ3v) is 3.20. The number of nitrogens with zero attached hydrogens (tertiary/aromatic N) is 1. The maximum atomic E-state index is 13.6. The Morgan fingerprint density at radius 2 is 1.90 bits per heavy atom. The third kappa shape index (κ3) is 4.13. The average molecular weight is 287 g/mol. The van der Waals surface area contributed by atoms with Gasteiger partial charge in [-0.15, -0.1) is 0 Å². The monoisotopic (exact) mass is 287 g/mol. The Morgan fingerprint density at radius 3 is 2.62 bits per heavy atom. The fraction of sp³-hybridized carbons (Fsp3) is 0.235. The van der Waals surface area contributed by atoms with E-state index in [1.165, 1.54) is 13.2 Å². The molecule has 21 heavy (non-hydrogen) atoms. The molecule has 0 aromatic heterocycles. The van der Waals surface area contributed by atoms with Gasteiger partial charge in [0.25, 0.3) is 0 Å². The first kappa shape index (κ1) is 15.2. The number of carbonyl (C=O) groups excluding carboxylic acids is 1. The molecule has 0 unspecified atom stereocenters. The van der Waals surface area contributed by atoms with Gasteiger partial charge >= 0.3 is 5.97 Å². The Bertz CT molecular complexity index is 628. The fourth-order valence-electron chi connectivity index (χ4n) is 2.20. The Labute approximate surface area is 124 Å². The Balaban J connectivity index is 2.04. The molecule has 3 nitrogen and oxygen atoms in total. The van der Waals surface area contributed by atoms with Crippen molar-refractivity contribution in [2.24, 2.45) is 0 Å². The number of carbonyl (C=O) groups is 1. The van der Waals surface area contributed by atoms with Gasteiger partial charge in [-0.25, -0.2) is 9.18 Å². The van der Waals surface area contributed by atoms with Gasteiger partial charge in [-0.2, -0.15) is 0 Å². The summed E-state index contributed by atoms with van der Waals surface area (Å²) in [5, 5.41) is 0. The number of hydrogen-bond acceptors (Lipinski definition) is 3. The average Bonchev–Trinajstić information content (AvgIpc) is 2.49. The van der Waals surface area contributed by atoms with Crippen LogP contribution in [0.3, 0.4) is 0 Å². The Kier molecular flexibility index (Phi) is 5.06. The number of rotatable bonds is 5. The van der Waals surface area contributed by atoms with Crippen molar-refractivity contribution < 1.29 is 13.9 Å². The van der Waals surface area contributed by atoms with Crippen LogP contribution in [0.4, 0.5) is 4.39 Å². The molecule has 0 atom stereocenters. The molecule has 0 radical (unpaired) electrons. The highest BCUT2D eigenvalue weighted by molar-refractivity contribution is 5.89. The minimum absolute atomic E-state index is 0.201. The van der Waals surface area contributed by atoms with Crippen LogP contribution in [-0.4, -0.2) is 25.0 Å². The molecule has 0 saturated carbocycles. The summed E-state index contributed by atoms with van der Waals surface area (Å²) in [6, 6.07) is 14.0. The zero-order valence-electron chi connectivity index (χ0n) is 12.2. The van der Waals surface area contributed by atoms with Gasteiger partial charge in [0.15, 0.2) is 0 Å². The van der Waals surface area contributed by atoms with Crippen LogP contribution < -0.4 is 0 Å². The minimum atomic E-state index is -0.353. The van der Waals surface area contributed by atoms with Crippen molar-refractivity contribution in [3.8, 4) is 0 Å². The lowest BCUT2D eigenvalue weighted by Gasteiger charge is -2.17. The van der Waals surface area contributed by atoms with Gasteiger partial charge < -0.3 is 4.74 Å². The van der Waals surface area contributed by atoms with E-state index in [1.807, 2.05) is 30.1 Å². The first-order valence-electron chi connectivity index (χ1n) is 6.69. The summed E-state index contributed by atoms with van der Waals surface area (Å²) in [5.41, 5.74) is 2.16. The molecule has 2 aromatic rings. The van der Waals surface area contributed by atoms with Crippen LogP contribution in [0.2, 0.25) is 0 Å². The van der Waals surface area contributed by atoms with Gasteiger partial charge in [0.1, 0.15) is 5.82 Å². The van der Waals surface area contributed by atoms with Crippen molar-refractivity contribution in [1.82, 2.24) is 4.90 Å². The molecule has 0 spiro atoms. The lowest BCUT2D eigenvalue weighted by molar-refractivity contribution is 0.0600. The van der Waals surface area contributed by atoms with Gasteiger partial charge in [-0.1, -0.05) is 30.3 Å². The molecule has 2 aromatic carbocycles. The molecule has 0 aliphatic heterocycles. The smallest absolute Gasteiger partial charge is 0.337 e. The third-order valence-electron chi connectivity index (χ3n) is 3.20. The van der Waals surface area contributed by atoms with E-state index in [1.54, 1.807) is 24.3 Å². The largest absolute Gasteiger partial charge is 0.465 e. The predicted octanol–water partition coefficient (Wildman–Crippen LogP) is 3.24. The maximum Gasteiger partial charge on any atom is 0.337 e. The van der Waals surface area contributed by atoms with Gasteiger partial charge in [0, 0.05) is 18.7 Å². The Morgan fingerprint density at radius 1 is 1.14 bits per heavy atom. The van der Waals surface area contributed by atoms with Crippen LogP contribution in [0.1, 0.15) is 21.5 Å². The van der Waals surface area contributed by atoms with Crippen molar-refractivity contribution >= 4 is 5.97 Å². The second-order valence-electron chi connectivity index (χ2n) is 4.96. The van der Waals surface area contributed by atoms with Crippen LogP contribution in [0.5, 0.6) is 0 Å². The molecule has 0 aliphatic rings. The molecule has 0 aliphatic carbocycles. The molecule has 0 fully saturated rings. The van der Waals surface area contributed by atoms with Crippen molar-refractivity contribution in [3.05, 3.63) is 71.0 Å². The van der Waals surface area contributed by atoms with E-state index in [0.29, 0.717) is 24.2 Å². The molecule has 4 heteroatoms. The lowest BCUT2D eigenvalue weighted by Crippen LogP contribution is -2.18. The number of esters is 1. The van der Waals surface area contributed by atoms with Gasteiger partial charge in [-0.05, 0) is 30.8 Å². The molecular formula is C17H18FNO2. The molecule has 0 bridgehead atoms. The summed E-state index contributed by atoms with van der Waals surface area (Å²) in [4.78, 5) is 13.5. The highest BCUT2D eigenvalue weighted by Gasteiger charge is 2.08. The summed E-state index contributed by atoms with van der Waals surface area (Å²) >= 11 is 0. The van der Waals surface area contributed by atoms with Crippen molar-refractivity contribution in [1.29, 1.82) is 0 Å². The quantitative estimate of drug-likeness (QED) is 0.791. The van der Waals surface area contributed by atoms with Gasteiger partial charge in [-0.3, -0.25) is 4.90 Å². The normalized spacial score (nSPS) is 10.7. The summed E-state index contributed by atoms with van der Waals surface area (Å²) in [7, 11) is 3.27. The van der Waals surface area contributed by atoms with E-state index in [9.17, 15) is 9.18 Å². The predicted molar refractivity (Wildman–Crippen MR) is 79.4 cm³/mol. The van der Waals surface area contributed by atoms with E-state index >= 15 is 0 Å². The van der Waals surface area contributed by atoms with E-state index in [2.05, 4.69) is 0 Å². The lowest BCUT2D eigenvalue weighted by atomic mass is 10.1. The highest BCUT2D eigenvalue weighted by atomic mass is 19.1. The number of methoxy groups -OCH3 is 1. The molecule has 0 heterocycles. The van der Waals surface area contributed by atoms with Crippen LogP contribution in [-0.2, 0) is 17.8 Å². The standard InChI is InChI=1S/C17H18FNO2/c1-19(12-15-7-3-4-9-16(15)18)11-13-6-5-8-14(10-13)17(20)21-2/h3-10H,11-12H2,1-2H3. The van der Waals surface area contributed by atoms with Gasteiger partial charge in [0.05, 0.1) is 12.7 Å². The second-order valence-corrected chi connectivity index (χ2v) is 4.96. The fourth-order valence-corrected chi connectivity index (χ4v) is 2.20. The summed E-state index contributed by atoms with van der Waals surface area (Å²) in [5.74, 6) is -0.554. The van der Waals surface area contributed by atoms with Crippen molar-refractivity contribution in [2.45, 2.75) is 13.1 Å². The van der Waals surface area contributed by atoms with Crippen LogP contribution in [0.15, 0.2) is 48.5 Å². The Hall–Kier alpha value is -2.20. The maximum absolute atomic E-state index is 13.6. The molecule has 2 rings (SSSR count). The summed E-state index contributed by atoms with van der Waals surface area (Å²) in [6.45, 7) is 1.13. The van der Waals surface area contributed by atoms with Gasteiger partial charge in [0.2, 0.25) is 0 Å². The van der Waals surface area contributed by atoms with E-state index in [0.717, 1.165) is 5.56 Å². The van der Waals surface area contributed by atoms with E-state index < -0.39 is 0 Å². The molecular weight excluding hydrogens is 269 g/mol. The topological polar surface area (TPSA) is 29.5 Å². The number of hydrogen-bond donors (Lipinski definition) is 0. The molecule has 0 amide bonds. The zero-order valence-corrected chi connectivity index (χ0v) is 12.2. The summed E-state index contributed by atoms with van der Waals surface area (Å²) in [6.07, 6.45) is 0. The SMILES string of the molecule is COC(=O)c1cccc(CN(C)Cc2ccccc2F)c1. The number of halogens is 1. The molecule has 0 N–H and O–H groups in total. The van der Waals surface area contributed by atoms with Crippen LogP contribution >= 0.6 is 0 Å². The van der Waals surface area contributed by atoms with Crippen molar-refractivity contribution in [2.75, 3.05) is 14.2 Å². The summed E-state index contributed by atoms with van der Waals surface area (Å²) < 4.78 is 18.3. The zero-order chi connectivity index (χ0) is 15.2. The second kappa shape index (κ2) is 6.99. The molecule has 110 valence electrons. The van der Waals surface area contributed by atoms with E-state index in [-0.39, 0.29) is 11.8 Å². The van der Waals surface area contributed by atoms with E-state index in [4.69, 9.17) is 4.74 Å². The minimum Gasteiger partial charge on any atom is -0.465 e. The van der Waals surface area contributed by atoms with Crippen LogP contribution in [0.25, 0.3) is 0 Å².